The largest absolute Gasteiger partial charge is 0.480 e. The van der Waals surface area contributed by atoms with Crippen molar-refractivity contribution in [2.24, 2.45) is 0 Å². The van der Waals surface area contributed by atoms with E-state index in [0.717, 1.165) is 62.6 Å². The third-order valence-electron chi connectivity index (χ3n) is 12.8. The molecule has 2 amide bonds. The lowest BCUT2D eigenvalue weighted by Crippen LogP contribution is -2.52. The van der Waals surface area contributed by atoms with E-state index in [1.54, 1.807) is 0 Å². The van der Waals surface area contributed by atoms with E-state index < -0.39 is 60.7 Å². The van der Waals surface area contributed by atoms with Crippen molar-refractivity contribution in [1.82, 2.24) is 29.4 Å². The number of alkyl halides is 12. The number of halogens is 12. The molecule has 0 radical (unpaired) electrons. The molecule has 0 saturated carbocycles. The number of hydrogen-bond acceptors (Lipinski definition) is 11. The SMILES string of the molecule is Cc1ccc(CN2CCN(C(=O)OC(C(F)(F)F)C(F)(F)F)CC2)c(C2CCN(CC(=O)O)C2)c1.Cc1ccc(CN2CCN(C(=O)OC(C(F)(F)F)C(F)(F)F)CC2)c(C2CCN(CC(=O)OC(C)(C)C)C2)c1. The molecule has 14 nitrogen and oxygen atoms in total. The molecule has 4 fully saturated rings. The Bertz CT molecular complexity index is 2210. The maximum Gasteiger partial charge on any atom is 0.434 e. The lowest BCUT2D eigenvalue weighted by molar-refractivity contribution is -0.309. The Hall–Kier alpha value is -5.08. The Balaban J connectivity index is 0.000000276. The molecule has 4 saturated heterocycles. The normalized spacial score (nSPS) is 20.2. The summed E-state index contributed by atoms with van der Waals surface area (Å²) in [6, 6.07) is 12.1. The molecule has 2 aromatic rings. The van der Waals surface area contributed by atoms with Crippen LogP contribution in [0.4, 0.5) is 62.3 Å². The van der Waals surface area contributed by atoms with Crippen LogP contribution in [0.2, 0.25) is 0 Å². The van der Waals surface area contributed by atoms with Crippen LogP contribution in [0.1, 0.15) is 78.8 Å². The summed E-state index contributed by atoms with van der Waals surface area (Å²) in [6.45, 7) is 14.1. The average Bonchev–Trinajstić information content (AvgIpc) is 3.93. The summed E-state index contributed by atoms with van der Waals surface area (Å²) in [4.78, 5) is 56.9. The number of aliphatic carboxylic acids is 1. The molecule has 0 aromatic heterocycles. The molecule has 416 valence electrons. The van der Waals surface area contributed by atoms with Gasteiger partial charge < -0.3 is 29.1 Å². The second-order valence-corrected chi connectivity index (χ2v) is 20.0. The first-order valence-electron chi connectivity index (χ1n) is 23.9. The third kappa shape index (κ3) is 17.8. The van der Waals surface area contributed by atoms with Gasteiger partial charge >= 0.3 is 48.8 Å². The van der Waals surface area contributed by atoms with Crippen LogP contribution in [0.3, 0.4) is 0 Å². The molecule has 74 heavy (non-hydrogen) atoms. The predicted molar refractivity (Wildman–Crippen MR) is 242 cm³/mol. The van der Waals surface area contributed by atoms with E-state index in [-0.39, 0.29) is 83.3 Å². The zero-order valence-corrected chi connectivity index (χ0v) is 41.5. The van der Waals surface area contributed by atoms with Gasteiger partial charge in [0, 0.05) is 78.5 Å². The third-order valence-corrected chi connectivity index (χ3v) is 12.8. The fraction of sp³-hybridized carbons (Fsp3) is 0.667. The molecule has 1 N–H and O–H groups in total. The van der Waals surface area contributed by atoms with Crippen molar-refractivity contribution in [1.29, 1.82) is 0 Å². The molecule has 2 atom stereocenters. The first-order valence-corrected chi connectivity index (χ1v) is 23.9. The van der Waals surface area contributed by atoms with Crippen LogP contribution in [0.25, 0.3) is 0 Å². The van der Waals surface area contributed by atoms with E-state index in [1.807, 2.05) is 73.6 Å². The van der Waals surface area contributed by atoms with Gasteiger partial charge in [-0.2, -0.15) is 52.7 Å². The van der Waals surface area contributed by atoms with Crippen LogP contribution in [0.15, 0.2) is 36.4 Å². The first-order chi connectivity index (χ1) is 34.2. The molecule has 0 aliphatic carbocycles. The molecule has 4 aliphatic rings. The van der Waals surface area contributed by atoms with Crippen LogP contribution >= 0.6 is 0 Å². The Kier molecular flexibility index (Phi) is 19.6. The summed E-state index contributed by atoms with van der Waals surface area (Å²) in [6.07, 6.45) is -32.9. The molecule has 26 heteroatoms. The summed E-state index contributed by atoms with van der Waals surface area (Å²) in [5.74, 6) is -0.813. The van der Waals surface area contributed by atoms with Gasteiger partial charge in [0.2, 0.25) is 0 Å². The lowest BCUT2D eigenvalue weighted by atomic mass is 9.91. The summed E-state index contributed by atoms with van der Waals surface area (Å²) >= 11 is 0. The monoisotopic (exact) mass is 1080 g/mol. The number of carbonyl (C=O) groups is 4. The predicted octanol–water partition coefficient (Wildman–Crippen LogP) is 8.49. The van der Waals surface area contributed by atoms with Crippen molar-refractivity contribution in [3.05, 3.63) is 69.8 Å². The van der Waals surface area contributed by atoms with Gasteiger partial charge in [-0.15, -0.1) is 0 Å². The van der Waals surface area contributed by atoms with Gasteiger partial charge in [-0.1, -0.05) is 47.5 Å². The number of amides is 2. The number of carboxylic acids is 1. The summed E-state index contributed by atoms with van der Waals surface area (Å²) in [7, 11) is 0. The molecule has 0 bridgehead atoms. The Morgan fingerprint density at radius 3 is 1.22 bits per heavy atom. The van der Waals surface area contributed by atoms with Gasteiger partial charge in [0.1, 0.15) is 5.60 Å². The molecular formula is C48H62F12N6O8. The zero-order valence-electron chi connectivity index (χ0n) is 41.5. The van der Waals surface area contributed by atoms with E-state index in [0.29, 0.717) is 32.7 Å². The standard InChI is InChI=1S/C26H35F6N3O4.C22H27F6N3O4/c1-17-5-6-18(20(13-17)19-7-8-34(15-19)16-21(36)39-24(2,3)4)14-33-9-11-35(12-10-33)23(37)38-22(25(27,28)29)26(30,31)32;1-14-2-3-15(17(10-14)16-4-5-30(12-16)13-18(32)33)11-29-6-8-31(9-7-29)20(34)35-19(21(23,24)25)22(26,27)28/h5-6,13,19,22H,7-12,14-16H2,1-4H3;2-3,10,16,19H,4-9,11-13H2,1H3,(H,32,33). The number of ether oxygens (including phenoxy) is 3. The zero-order chi connectivity index (χ0) is 55.1. The van der Waals surface area contributed by atoms with Crippen molar-refractivity contribution in [2.45, 2.75) is 115 Å². The molecule has 4 aliphatic heterocycles. The molecular weight excluding hydrogens is 1020 g/mol. The molecule has 4 heterocycles. The number of carbonyl (C=O) groups excluding carboxylic acids is 3. The quantitative estimate of drug-likeness (QED) is 0.124. The topological polar surface area (TPSA) is 136 Å². The highest BCUT2D eigenvalue weighted by atomic mass is 19.4. The van der Waals surface area contributed by atoms with E-state index in [2.05, 4.69) is 26.5 Å². The van der Waals surface area contributed by atoms with E-state index in [1.165, 1.54) is 0 Å². The summed E-state index contributed by atoms with van der Waals surface area (Å²) in [5, 5.41) is 9.04. The van der Waals surface area contributed by atoms with E-state index in [4.69, 9.17) is 9.84 Å². The van der Waals surface area contributed by atoms with Gasteiger partial charge in [-0.3, -0.25) is 29.2 Å². The number of hydrogen-bond donors (Lipinski definition) is 1. The molecule has 0 spiro atoms. The van der Waals surface area contributed by atoms with Gasteiger partial charge in [0.15, 0.2) is 0 Å². The number of rotatable bonds is 12. The highest BCUT2D eigenvalue weighted by Crippen LogP contribution is 2.38. The lowest BCUT2D eigenvalue weighted by Gasteiger charge is -2.35. The maximum atomic E-state index is 12.7. The highest BCUT2D eigenvalue weighted by Gasteiger charge is 2.61. The van der Waals surface area contributed by atoms with Gasteiger partial charge in [0.25, 0.3) is 12.2 Å². The van der Waals surface area contributed by atoms with Crippen LogP contribution in [0.5, 0.6) is 0 Å². The van der Waals surface area contributed by atoms with Gasteiger partial charge in [-0.25, -0.2) is 9.59 Å². The number of benzene rings is 2. The number of esters is 1. The molecule has 2 unspecified atom stereocenters. The smallest absolute Gasteiger partial charge is 0.434 e. The summed E-state index contributed by atoms with van der Waals surface area (Å²) in [5.41, 5.74) is 5.88. The van der Waals surface area contributed by atoms with Crippen molar-refractivity contribution in [3.8, 4) is 0 Å². The minimum absolute atomic E-state index is 0.0285. The van der Waals surface area contributed by atoms with Crippen molar-refractivity contribution in [3.63, 3.8) is 0 Å². The van der Waals surface area contributed by atoms with Crippen molar-refractivity contribution >= 4 is 24.1 Å². The van der Waals surface area contributed by atoms with Crippen LogP contribution in [0, 0.1) is 13.8 Å². The number of nitrogens with zero attached hydrogens (tertiary/aromatic N) is 6. The average molecular weight is 1080 g/mol. The Morgan fingerprint density at radius 2 is 0.892 bits per heavy atom. The number of carboxylic acid groups (broad SMARTS) is 1. The number of likely N-dealkylation sites (tertiary alicyclic amines) is 2. The van der Waals surface area contributed by atoms with Crippen LogP contribution in [-0.4, -0.2) is 193 Å². The number of aryl methyl sites for hydroxylation is 2. The number of piperazine rings is 2. The maximum absolute atomic E-state index is 12.7. The second-order valence-electron chi connectivity index (χ2n) is 20.0. The van der Waals surface area contributed by atoms with E-state index in [9.17, 15) is 71.9 Å². The minimum Gasteiger partial charge on any atom is -0.480 e. The van der Waals surface area contributed by atoms with Crippen LogP contribution < -0.4 is 0 Å². The van der Waals surface area contributed by atoms with Crippen molar-refractivity contribution < 1.29 is 91.2 Å². The highest BCUT2D eigenvalue weighted by molar-refractivity contribution is 5.72. The van der Waals surface area contributed by atoms with Gasteiger partial charge in [0.05, 0.1) is 13.1 Å². The van der Waals surface area contributed by atoms with Gasteiger partial charge in [-0.05, 0) is 94.6 Å². The van der Waals surface area contributed by atoms with Crippen molar-refractivity contribution in [2.75, 3.05) is 91.6 Å². The summed E-state index contributed by atoms with van der Waals surface area (Å²) < 4.78 is 166. The first kappa shape index (κ1) is 59.8. The fourth-order valence-corrected chi connectivity index (χ4v) is 9.33. The van der Waals surface area contributed by atoms with E-state index >= 15 is 0 Å². The van der Waals surface area contributed by atoms with Crippen LogP contribution in [-0.2, 0) is 36.9 Å². The minimum atomic E-state index is -5.75. The second kappa shape index (κ2) is 24.3. The Labute approximate surface area is 420 Å². The fourth-order valence-electron chi connectivity index (χ4n) is 9.33. The molecule has 6 rings (SSSR count). The molecule has 2 aromatic carbocycles. The Morgan fingerprint density at radius 1 is 0.541 bits per heavy atom.